The molecule has 0 saturated heterocycles. The van der Waals surface area contributed by atoms with Crippen molar-refractivity contribution in [3.8, 4) is 11.5 Å². The van der Waals surface area contributed by atoms with E-state index >= 15 is 0 Å². The van der Waals surface area contributed by atoms with Crippen LogP contribution in [-0.4, -0.2) is 4.98 Å². The van der Waals surface area contributed by atoms with Gasteiger partial charge in [-0.25, -0.2) is 0 Å². The summed E-state index contributed by atoms with van der Waals surface area (Å²) in [5, 5.41) is 0. The first-order valence-corrected chi connectivity index (χ1v) is 6.42. The van der Waals surface area contributed by atoms with Crippen LogP contribution in [0, 0.1) is 0 Å². The highest BCUT2D eigenvalue weighted by atomic mass is 16.5. The molecule has 0 saturated carbocycles. The monoisotopic (exact) mass is 256 g/mol. The van der Waals surface area contributed by atoms with E-state index < -0.39 is 0 Å². The highest BCUT2D eigenvalue weighted by molar-refractivity contribution is 5.38. The van der Waals surface area contributed by atoms with E-state index in [1.807, 2.05) is 18.2 Å². The van der Waals surface area contributed by atoms with E-state index in [0.29, 0.717) is 6.54 Å². The first kappa shape index (κ1) is 13.6. The quantitative estimate of drug-likeness (QED) is 0.912. The zero-order valence-electron chi connectivity index (χ0n) is 11.7. The number of ether oxygens (including phenoxy) is 1. The topological polar surface area (TPSA) is 48.1 Å². The van der Waals surface area contributed by atoms with Gasteiger partial charge in [0.2, 0.25) is 0 Å². The molecule has 1 aromatic heterocycles. The summed E-state index contributed by atoms with van der Waals surface area (Å²) in [4.78, 5) is 4.05. The highest BCUT2D eigenvalue weighted by Crippen LogP contribution is 2.29. The third kappa shape index (κ3) is 3.32. The molecule has 0 radical (unpaired) electrons. The van der Waals surface area contributed by atoms with Crippen molar-refractivity contribution in [3.63, 3.8) is 0 Å². The van der Waals surface area contributed by atoms with Crippen molar-refractivity contribution >= 4 is 0 Å². The van der Waals surface area contributed by atoms with Gasteiger partial charge < -0.3 is 10.5 Å². The van der Waals surface area contributed by atoms with Crippen LogP contribution in [0.5, 0.6) is 11.5 Å². The van der Waals surface area contributed by atoms with Gasteiger partial charge in [0.25, 0.3) is 0 Å². The van der Waals surface area contributed by atoms with Crippen LogP contribution >= 0.6 is 0 Å². The zero-order valence-corrected chi connectivity index (χ0v) is 11.7. The van der Waals surface area contributed by atoms with Crippen molar-refractivity contribution in [2.24, 2.45) is 5.73 Å². The Hall–Kier alpha value is -1.87. The van der Waals surface area contributed by atoms with Gasteiger partial charge in [-0.3, -0.25) is 4.98 Å². The maximum Gasteiger partial charge on any atom is 0.134 e. The Bertz CT molecular complexity index is 559. The molecule has 0 amide bonds. The van der Waals surface area contributed by atoms with Gasteiger partial charge in [0.1, 0.15) is 11.5 Å². The average molecular weight is 256 g/mol. The molecule has 0 aliphatic carbocycles. The molecular formula is C16H20N2O. The minimum absolute atomic E-state index is 0.105. The summed E-state index contributed by atoms with van der Waals surface area (Å²) in [6.45, 7) is 6.97. The number of aromatic nitrogens is 1. The van der Waals surface area contributed by atoms with Gasteiger partial charge in [-0.1, -0.05) is 32.9 Å². The second kappa shape index (κ2) is 5.41. The van der Waals surface area contributed by atoms with Gasteiger partial charge in [0.15, 0.2) is 0 Å². The maximum atomic E-state index is 5.92. The summed E-state index contributed by atoms with van der Waals surface area (Å²) in [6.07, 6.45) is 3.45. The van der Waals surface area contributed by atoms with Gasteiger partial charge in [0.05, 0.1) is 0 Å². The third-order valence-corrected chi connectivity index (χ3v) is 3.01. The van der Waals surface area contributed by atoms with E-state index in [0.717, 1.165) is 17.1 Å². The predicted octanol–water partition coefficient (Wildman–Crippen LogP) is 3.63. The zero-order chi connectivity index (χ0) is 13.9. The second-order valence-corrected chi connectivity index (χ2v) is 5.57. The van der Waals surface area contributed by atoms with Crippen LogP contribution < -0.4 is 10.5 Å². The van der Waals surface area contributed by atoms with Gasteiger partial charge in [-0.15, -0.1) is 0 Å². The summed E-state index contributed by atoms with van der Waals surface area (Å²) in [7, 11) is 0. The molecule has 1 heterocycles. The van der Waals surface area contributed by atoms with Crippen molar-refractivity contribution in [1.82, 2.24) is 4.98 Å². The summed E-state index contributed by atoms with van der Waals surface area (Å²) < 4.78 is 5.92. The standard InChI is InChI=1S/C16H20N2O/c1-16(2,3)13-5-4-6-14(9-13)19-15-7-8-18-11-12(15)10-17/h4-9,11H,10,17H2,1-3H3. The van der Waals surface area contributed by atoms with Crippen LogP contribution in [0.25, 0.3) is 0 Å². The van der Waals surface area contributed by atoms with E-state index in [9.17, 15) is 0 Å². The fourth-order valence-corrected chi connectivity index (χ4v) is 1.82. The van der Waals surface area contributed by atoms with Crippen LogP contribution in [0.4, 0.5) is 0 Å². The second-order valence-electron chi connectivity index (χ2n) is 5.57. The predicted molar refractivity (Wildman–Crippen MR) is 77.3 cm³/mol. The average Bonchev–Trinajstić information content (AvgIpc) is 2.39. The Morgan fingerprint density at radius 1 is 1.21 bits per heavy atom. The SMILES string of the molecule is CC(C)(C)c1cccc(Oc2ccncc2CN)c1. The maximum absolute atomic E-state index is 5.92. The number of hydrogen-bond donors (Lipinski definition) is 1. The molecule has 3 nitrogen and oxygen atoms in total. The molecule has 0 aliphatic heterocycles. The van der Waals surface area contributed by atoms with Crippen LogP contribution in [0.15, 0.2) is 42.7 Å². The molecule has 2 N–H and O–H groups in total. The normalized spacial score (nSPS) is 11.4. The van der Waals surface area contributed by atoms with Crippen LogP contribution in [0.1, 0.15) is 31.9 Å². The lowest BCUT2D eigenvalue weighted by atomic mass is 9.87. The Labute approximate surface area is 114 Å². The molecule has 0 spiro atoms. The molecule has 0 aliphatic rings. The van der Waals surface area contributed by atoms with Gasteiger partial charge >= 0.3 is 0 Å². The number of benzene rings is 1. The number of nitrogens with two attached hydrogens (primary N) is 1. The highest BCUT2D eigenvalue weighted by Gasteiger charge is 2.14. The van der Waals surface area contributed by atoms with Crippen molar-refractivity contribution in [2.75, 3.05) is 0 Å². The van der Waals surface area contributed by atoms with Crippen molar-refractivity contribution in [2.45, 2.75) is 32.7 Å². The molecule has 3 heteroatoms. The number of nitrogens with zero attached hydrogens (tertiary/aromatic N) is 1. The van der Waals surface area contributed by atoms with E-state index in [4.69, 9.17) is 10.5 Å². The number of pyridine rings is 1. The third-order valence-electron chi connectivity index (χ3n) is 3.01. The van der Waals surface area contributed by atoms with E-state index in [1.54, 1.807) is 12.4 Å². The molecule has 100 valence electrons. The fourth-order valence-electron chi connectivity index (χ4n) is 1.82. The molecule has 2 rings (SSSR count). The molecule has 2 aromatic rings. The Kier molecular flexibility index (Phi) is 3.86. The van der Waals surface area contributed by atoms with E-state index in [2.05, 4.69) is 37.9 Å². The number of hydrogen-bond acceptors (Lipinski definition) is 3. The van der Waals surface area contributed by atoms with Crippen molar-refractivity contribution in [1.29, 1.82) is 0 Å². The smallest absolute Gasteiger partial charge is 0.134 e. The lowest BCUT2D eigenvalue weighted by molar-refractivity contribution is 0.471. The van der Waals surface area contributed by atoms with E-state index in [-0.39, 0.29) is 5.41 Å². The van der Waals surface area contributed by atoms with Crippen LogP contribution in [-0.2, 0) is 12.0 Å². The minimum atomic E-state index is 0.105. The molecule has 0 bridgehead atoms. The lowest BCUT2D eigenvalue weighted by Crippen LogP contribution is -2.10. The first-order chi connectivity index (χ1) is 9.00. The van der Waals surface area contributed by atoms with Crippen LogP contribution in [0.3, 0.4) is 0 Å². The molecule has 1 aromatic carbocycles. The Morgan fingerprint density at radius 2 is 2.00 bits per heavy atom. The van der Waals surface area contributed by atoms with Crippen LogP contribution in [0.2, 0.25) is 0 Å². The van der Waals surface area contributed by atoms with Gasteiger partial charge in [-0.05, 0) is 29.2 Å². The van der Waals surface area contributed by atoms with E-state index in [1.165, 1.54) is 5.56 Å². The summed E-state index contributed by atoms with van der Waals surface area (Å²) in [5.74, 6) is 1.59. The molecule has 0 atom stereocenters. The molecular weight excluding hydrogens is 236 g/mol. The fraction of sp³-hybridized carbons (Fsp3) is 0.312. The lowest BCUT2D eigenvalue weighted by Gasteiger charge is -2.20. The minimum Gasteiger partial charge on any atom is -0.457 e. The first-order valence-electron chi connectivity index (χ1n) is 6.42. The van der Waals surface area contributed by atoms with Crippen molar-refractivity contribution < 1.29 is 4.74 Å². The Balaban J connectivity index is 2.29. The summed E-state index contributed by atoms with van der Waals surface area (Å²) in [5.41, 5.74) is 7.94. The Morgan fingerprint density at radius 3 is 2.68 bits per heavy atom. The molecule has 19 heavy (non-hydrogen) atoms. The van der Waals surface area contributed by atoms with Crippen molar-refractivity contribution in [3.05, 3.63) is 53.9 Å². The largest absolute Gasteiger partial charge is 0.457 e. The summed E-state index contributed by atoms with van der Waals surface area (Å²) >= 11 is 0. The number of rotatable bonds is 3. The molecule has 0 unspecified atom stereocenters. The van der Waals surface area contributed by atoms with Gasteiger partial charge in [-0.2, -0.15) is 0 Å². The van der Waals surface area contributed by atoms with Gasteiger partial charge in [0, 0.05) is 24.5 Å². The summed E-state index contributed by atoms with van der Waals surface area (Å²) in [6, 6.07) is 9.99. The molecule has 0 fully saturated rings.